The molecule has 8 heteroatoms. The Hall–Kier alpha value is -3.20. The topological polar surface area (TPSA) is 103 Å². The van der Waals surface area contributed by atoms with Crippen LogP contribution in [-0.4, -0.2) is 31.9 Å². The molecule has 1 unspecified atom stereocenters. The highest BCUT2D eigenvalue weighted by molar-refractivity contribution is 7.90. The van der Waals surface area contributed by atoms with Crippen LogP contribution >= 0.6 is 0 Å². The molecule has 5 rings (SSSR count). The molecule has 4 aromatic rings. The van der Waals surface area contributed by atoms with Crippen LogP contribution in [-0.2, 0) is 17.8 Å². The molecule has 1 aliphatic rings. The normalized spacial score (nSPS) is 15.5. The lowest BCUT2D eigenvalue weighted by molar-refractivity contribution is 0.0946. The summed E-state index contributed by atoms with van der Waals surface area (Å²) in [4.78, 5) is 17.3. The number of amides is 1. The highest BCUT2D eigenvalue weighted by Crippen LogP contribution is 2.35. The summed E-state index contributed by atoms with van der Waals surface area (Å²) in [6, 6.07) is 20.8. The maximum Gasteiger partial charge on any atom is 0.269 e. The van der Waals surface area contributed by atoms with Gasteiger partial charge < -0.3 is 14.4 Å². The SMILES string of the molecule is CC(C)(C)[S@+]([O-])NC(Cc1cccc(C(=O)NCC2CC2)n1)c1ccccc1-c1noc2ccccc12. The second-order valence-corrected chi connectivity index (χ2v) is 12.5. The zero-order chi connectivity index (χ0) is 26.0. The van der Waals surface area contributed by atoms with Gasteiger partial charge in [-0.1, -0.05) is 47.6 Å². The number of para-hydroxylation sites is 1. The molecule has 0 spiro atoms. The van der Waals surface area contributed by atoms with Gasteiger partial charge in [-0.2, -0.15) is 0 Å². The Morgan fingerprint density at radius 2 is 1.84 bits per heavy atom. The van der Waals surface area contributed by atoms with Gasteiger partial charge in [-0.25, -0.2) is 4.98 Å². The molecule has 0 aliphatic heterocycles. The number of rotatable bonds is 9. The van der Waals surface area contributed by atoms with Crippen molar-refractivity contribution in [2.75, 3.05) is 6.54 Å². The summed E-state index contributed by atoms with van der Waals surface area (Å²) >= 11 is -1.34. The Morgan fingerprint density at radius 3 is 2.62 bits per heavy atom. The van der Waals surface area contributed by atoms with Crippen LogP contribution in [0.4, 0.5) is 0 Å². The molecule has 192 valence electrons. The van der Waals surface area contributed by atoms with Crippen molar-refractivity contribution in [3.63, 3.8) is 0 Å². The van der Waals surface area contributed by atoms with Crippen LogP contribution in [0.25, 0.3) is 22.2 Å². The molecule has 0 radical (unpaired) electrons. The molecule has 7 nitrogen and oxygen atoms in total. The van der Waals surface area contributed by atoms with Crippen molar-refractivity contribution in [1.29, 1.82) is 0 Å². The van der Waals surface area contributed by atoms with Crippen molar-refractivity contribution in [2.24, 2.45) is 5.92 Å². The Balaban J connectivity index is 1.49. The number of fused-ring (bicyclic) bond motifs is 1. The van der Waals surface area contributed by atoms with Crippen LogP contribution in [0.5, 0.6) is 0 Å². The summed E-state index contributed by atoms with van der Waals surface area (Å²) < 4.78 is 21.7. The van der Waals surface area contributed by atoms with Gasteiger partial charge in [0.1, 0.15) is 16.1 Å². The molecule has 2 aromatic heterocycles. The van der Waals surface area contributed by atoms with Gasteiger partial charge in [-0.05, 0) is 69.4 Å². The third kappa shape index (κ3) is 6.04. The summed E-state index contributed by atoms with van der Waals surface area (Å²) in [5, 5.41) is 8.27. The average Bonchev–Trinajstić information content (AvgIpc) is 3.63. The smallest absolute Gasteiger partial charge is 0.269 e. The number of carbonyl (C=O) groups is 1. The molecular formula is C29H32N4O3S. The number of nitrogens with zero attached hydrogens (tertiary/aromatic N) is 2. The van der Waals surface area contributed by atoms with Crippen LogP contribution in [0.3, 0.4) is 0 Å². The van der Waals surface area contributed by atoms with Gasteiger partial charge in [-0.3, -0.25) is 4.79 Å². The van der Waals surface area contributed by atoms with E-state index in [1.807, 2.05) is 81.4 Å². The Bertz CT molecular complexity index is 1390. The van der Waals surface area contributed by atoms with Gasteiger partial charge in [0.2, 0.25) is 0 Å². The Labute approximate surface area is 220 Å². The van der Waals surface area contributed by atoms with Gasteiger partial charge in [0.15, 0.2) is 5.58 Å². The van der Waals surface area contributed by atoms with E-state index in [4.69, 9.17) is 4.52 Å². The number of carbonyl (C=O) groups excluding carboxylic acids is 1. The number of hydrogen-bond donors (Lipinski definition) is 2. The lowest BCUT2D eigenvalue weighted by Gasteiger charge is -2.29. The lowest BCUT2D eigenvalue weighted by Crippen LogP contribution is -2.42. The predicted molar refractivity (Wildman–Crippen MR) is 146 cm³/mol. The largest absolute Gasteiger partial charge is 0.598 e. The molecule has 37 heavy (non-hydrogen) atoms. The van der Waals surface area contributed by atoms with E-state index in [1.165, 1.54) is 12.8 Å². The third-order valence-corrected chi connectivity index (χ3v) is 8.09. The maximum absolute atomic E-state index is 13.3. The van der Waals surface area contributed by atoms with Gasteiger partial charge in [-0.15, -0.1) is 4.72 Å². The molecular weight excluding hydrogens is 484 g/mol. The summed E-state index contributed by atoms with van der Waals surface area (Å²) in [5.41, 5.74) is 4.41. The van der Waals surface area contributed by atoms with Crippen LogP contribution in [0.2, 0.25) is 0 Å². The second-order valence-electron chi connectivity index (χ2n) is 10.5. The Kier molecular flexibility index (Phi) is 7.33. The predicted octanol–water partition coefficient (Wildman–Crippen LogP) is 5.37. The fraction of sp³-hybridized carbons (Fsp3) is 0.345. The summed E-state index contributed by atoms with van der Waals surface area (Å²) in [6.45, 7) is 6.51. The number of aromatic nitrogens is 2. The molecule has 1 amide bonds. The lowest BCUT2D eigenvalue weighted by atomic mass is 9.94. The highest BCUT2D eigenvalue weighted by atomic mass is 32.2. The Morgan fingerprint density at radius 1 is 1.08 bits per heavy atom. The molecule has 2 aromatic carbocycles. The van der Waals surface area contributed by atoms with E-state index in [0.717, 1.165) is 27.9 Å². The van der Waals surface area contributed by atoms with Crippen molar-refractivity contribution in [2.45, 2.75) is 50.8 Å². The zero-order valence-corrected chi connectivity index (χ0v) is 22.2. The van der Waals surface area contributed by atoms with E-state index in [2.05, 4.69) is 20.2 Å². The van der Waals surface area contributed by atoms with E-state index in [0.29, 0.717) is 30.2 Å². The monoisotopic (exact) mass is 516 g/mol. The second kappa shape index (κ2) is 10.7. The van der Waals surface area contributed by atoms with Gasteiger partial charge >= 0.3 is 0 Å². The first-order chi connectivity index (χ1) is 17.8. The third-order valence-electron chi connectivity index (χ3n) is 6.48. The molecule has 2 atom stereocenters. The average molecular weight is 517 g/mol. The van der Waals surface area contributed by atoms with Crippen LogP contribution in [0, 0.1) is 5.92 Å². The molecule has 0 saturated heterocycles. The minimum atomic E-state index is -1.34. The zero-order valence-electron chi connectivity index (χ0n) is 21.4. The standard InChI is InChI=1S/C29H32N4O3S/c1-29(2,3)37(35)33-25(17-20-9-8-13-24(31-20)28(34)30-18-19-15-16-19)21-10-4-5-11-22(21)27-23-12-6-7-14-26(23)36-32-27/h4-14,19,25,33H,15-18H2,1-3H3,(H,30,34)/t25?,37-/m0/s1. The quantitative estimate of drug-likeness (QED) is 0.290. The van der Waals surface area contributed by atoms with Crippen LogP contribution in [0.15, 0.2) is 71.3 Å². The number of hydrogen-bond acceptors (Lipinski definition) is 6. The van der Waals surface area contributed by atoms with Crippen molar-refractivity contribution in [3.05, 3.63) is 83.7 Å². The molecule has 1 saturated carbocycles. The van der Waals surface area contributed by atoms with E-state index < -0.39 is 16.1 Å². The van der Waals surface area contributed by atoms with E-state index in [9.17, 15) is 9.35 Å². The van der Waals surface area contributed by atoms with Gasteiger partial charge in [0.25, 0.3) is 5.91 Å². The molecule has 1 fully saturated rings. The van der Waals surface area contributed by atoms with Gasteiger partial charge in [0.05, 0.1) is 6.04 Å². The minimum absolute atomic E-state index is 0.161. The van der Waals surface area contributed by atoms with E-state index in [-0.39, 0.29) is 11.9 Å². The molecule has 1 aliphatic carbocycles. The molecule has 2 N–H and O–H groups in total. The van der Waals surface area contributed by atoms with Crippen molar-refractivity contribution in [3.8, 4) is 11.3 Å². The van der Waals surface area contributed by atoms with Gasteiger partial charge in [0, 0.05) is 41.0 Å². The van der Waals surface area contributed by atoms with Crippen molar-refractivity contribution < 1.29 is 13.9 Å². The first-order valence-electron chi connectivity index (χ1n) is 12.7. The fourth-order valence-corrected chi connectivity index (χ4v) is 5.02. The maximum atomic E-state index is 13.3. The summed E-state index contributed by atoms with van der Waals surface area (Å²) in [6.07, 6.45) is 2.79. The first kappa shape index (κ1) is 25.4. The summed E-state index contributed by atoms with van der Waals surface area (Å²) in [5.74, 6) is 0.434. The van der Waals surface area contributed by atoms with Crippen LogP contribution in [0.1, 0.15) is 61.4 Å². The summed E-state index contributed by atoms with van der Waals surface area (Å²) in [7, 11) is 0. The highest BCUT2D eigenvalue weighted by Gasteiger charge is 2.32. The fourth-order valence-electron chi connectivity index (χ4n) is 4.20. The number of benzene rings is 2. The first-order valence-corrected chi connectivity index (χ1v) is 13.8. The molecule has 0 bridgehead atoms. The van der Waals surface area contributed by atoms with E-state index in [1.54, 1.807) is 6.07 Å². The number of pyridine rings is 1. The number of nitrogens with one attached hydrogen (secondary N) is 2. The van der Waals surface area contributed by atoms with Crippen molar-refractivity contribution in [1.82, 2.24) is 20.2 Å². The van der Waals surface area contributed by atoms with Crippen molar-refractivity contribution >= 4 is 28.2 Å². The molecule has 2 heterocycles. The minimum Gasteiger partial charge on any atom is -0.598 e. The van der Waals surface area contributed by atoms with E-state index >= 15 is 0 Å². The van der Waals surface area contributed by atoms with Crippen LogP contribution < -0.4 is 10.0 Å².